The van der Waals surface area contributed by atoms with Crippen molar-refractivity contribution < 1.29 is 14.4 Å². The summed E-state index contributed by atoms with van der Waals surface area (Å²) in [7, 11) is 0. The second kappa shape index (κ2) is 12.3. The zero-order valence-electron chi connectivity index (χ0n) is 22.7. The van der Waals surface area contributed by atoms with Crippen LogP contribution >= 0.6 is 0 Å². The summed E-state index contributed by atoms with van der Waals surface area (Å²) in [6.07, 6.45) is 9.88. The van der Waals surface area contributed by atoms with E-state index in [2.05, 4.69) is 20.9 Å². The van der Waals surface area contributed by atoms with E-state index in [0.717, 1.165) is 36.9 Å². The number of carbonyl (C=O) groups excluding carboxylic acids is 3. The highest BCUT2D eigenvalue weighted by atomic mass is 16.2. The number of amides is 3. The average molecular weight is 536 g/mol. The Labute approximate surface area is 230 Å². The lowest BCUT2D eigenvalue weighted by molar-refractivity contribution is -0.143. The van der Waals surface area contributed by atoms with Crippen molar-refractivity contribution >= 4 is 17.7 Å². The quantitative estimate of drug-likeness (QED) is 0.544. The molecule has 2 aromatic rings. The molecule has 10 nitrogen and oxygen atoms in total. The van der Waals surface area contributed by atoms with Crippen molar-refractivity contribution in [3.8, 4) is 0 Å². The molecule has 2 fully saturated rings. The summed E-state index contributed by atoms with van der Waals surface area (Å²) in [6.45, 7) is 2.03. The van der Waals surface area contributed by atoms with Gasteiger partial charge >= 0.3 is 0 Å². The molecule has 1 aliphatic carbocycles. The van der Waals surface area contributed by atoms with Gasteiger partial charge in [-0.1, -0.05) is 54.8 Å². The highest BCUT2D eigenvalue weighted by molar-refractivity contribution is 5.91. The van der Waals surface area contributed by atoms with Gasteiger partial charge in [0.05, 0.1) is 17.2 Å². The molecule has 3 heterocycles. The summed E-state index contributed by atoms with van der Waals surface area (Å²) in [5.41, 5.74) is 7.39. The molecule has 0 radical (unpaired) electrons. The van der Waals surface area contributed by atoms with Crippen LogP contribution in [0.3, 0.4) is 0 Å². The molecule has 2 aliphatic heterocycles. The van der Waals surface area contributed by atoms with Crippen LogP contribution in [0.5, 0.6) is 0 Å². The van der Waals surface area contributed by atoms with Crippen LogP contribution in [-0.4, -0.2) is 69.3 Å². The highest BCUT2D eigenvalue weighted by Crippen LogP contribution is 2.36. The van der Waals surface area contributed by atoms with Gasteiger partial charge in [-0.15, -0.1) is 5.10 Å². The number of carbonyl (C=O) groups is 3. The number of piperidine rings is 1. The number of nitrogens with one attached hydrogen (secondary N) is 2. The fourth-order valence-corrected chi connectivity index (χ4v) is 6.37. The maximum atomic E-state index is 14.0. The minimum Gasteiger partial charge on any atom is -0.354 e. The normalized spacial score (nSPS) is 23.6. The van der Waals surface area contributed by atoms with Crippen molar-refractivity contribution in [2.45, 2.75) is 82.8 Å². The Hall–Kier alpha value is -3.27. The first kappa shape index (κ1) is 27.3. The monoisotopic (exact) mass is 535 g/mol. The summed E-state index contributed by atoms with van der Waals surface area (Å²) in [5, 5.41) is 14.7. The van der Waals surface area contributed by atoms with Crippen LogP contribution in [0, 0.1) is 11.3 Å². The number of nitrogens with zero attached hydrogens (tertiary/aromatic N) is 4. The van der Waals surface area contributed by atoms with Gasteiger partial charge in [0.15, 0.2) is 0 Å². The van der Waals surface area contributed by atoms with E-state index in [1.165, 1.54) is 6.42 Å². The van der Waals surface area contributed by atoms with Crippen molar-refractivity contribution in [1.29, 1.82) is 0 Å². The van der Waals surface area contributed by atoms with E-state index in [1.807, 2.05) is 41.4 Å². The van der Waals surface area contributed by atoms with Crippen LogP contribution in [0.15, 0.2) is 36.5 Å². The summed E-state index contributed by atoms with van der Waals surface area (Å²) in [6, 6.07) is 8.56. The van der Waals surface area contributed by atoms with Crippen LogP contribution < -0.4 is 16.4 Å². The number of nitrogens with two attached hydrogens (primary N) is 1. The molecule has 3 aliphatic rings. The molecule has 1 aromatic carbocycles. The smallest absolute Gasteiger partial charge is 0.242 e. The Bertz CT molecular complexity index is 1140. The van der Waals surface area contributed by atoms with Gasteiger partial charge in [-0.05, 0) is 43.6 Å². The molecule has 4 N–H and O–H groups in total. The largest absolute Gasteiger partial charge is 0.354 e. The van der Waals surface area contributed by atoms with E-state index in [9.17, 15) is 14.4 Å². The Morgan fingerprint density at radius 2 is 1.79 bits per heavy atom. The van der Waals surface area contributed by atoms with Gasteiger partial charge in [0.1, 0.15) is 6.04 Å². The summed E-state index contributed by atoms with van der Waals surface area (Å²) in [4.78, 5) is 42.4. The minimum absolute atomic E-state index is 0.00548. The molecule has 5 rings (SSSR count). The number of fused-ring (bicyclic) bond motifs is 2. The third kappa shape index (κ3) is 6.49. The van der Waals surface area contributed by atoms with Gasteiger partial charge in [-0.3, -0.25) is 19.1 Å². The molecule has 1 saturated heterocycles. The van der Waals surface area contributed by atoms with Crippen molar-refractivity contribution in [1.82, 2.24) is 30.5 Å². The summed E-state index contributed by atoms with van der Waals surface area (Å²) in [5.74, 6) is -0.126. The maximum Gasteiger partial charge on any atom is 0.242 e. The lowest BCUT2D eigenvalue weighted by atomic mass is 9.73. The first-order chi connectivity index (χ1) is 18.9. The standard InChI is InChI=1S/C29H41N7O3/c30-25(22-10-5-2-6-11-22)27(38)35-16-12-29(13-17-35)19-23-20-36(34-33-23)15-7-14-31-26(37)24(32-28(29)39)18-21-8-3-1-4-9-21/h1,3-4,8-9,20,22,24-25H,2,5-7,10-19,30H2,(H,31,37)(H,32,39)/t24?,25-/m0/s1. The van der Waals surface area contributed by atoms with Gasteiger partial charge in [-0.2, -0.15) is 0 Å². The second-order valence-corrected chi connectivity index (χ2v) is 11.5. The molecular weight excluding hydrogens is 494 g/mol. The Morgan fingerprint density at radius 3 is 2.54 bits per heavy atom. The third-order valence-electron chi connectivity index (χ3n) is 8.83. The molecule has 10 heteroatoms. The van der Waals surface area contributed by atoms with Gasteiger partial charge in [0.2, 0.25) is 17.7 Å². The summed E-state index contributed by atoms with van der Waals surface area (Å²) < 4.78 is 1.77. The van der Waals surface area contributed by atoms with Gasteiger partial charge in [-0.25, -0.2) is 0 Å². The molecule has 2 atom stereocenters. The van der Waals surface area contributed by atoms with Crippen LogP contribution in [0.25, 0.3) is 0 Å². The topological polar surface area (TPSA) is 135 Å². The van der Waals surface area contributed by atoms with E-state index >= 15 is 0 Å². The highest BCUT2D eigenvalue weighted by Gasteiger charge is 2.45. The number of hydrogen-bond acceptors (Lipinski definition) is 6. The molecule has 1 aromatic heterocycles. The summed E-state index contributed by atoms with van der Waals surface area (Å²) >= 11 is 0. The van der Waals surface area contributed by atoms with Crippen LogP contribution in [0.4, 0.5) is 0 Å². The van der Waals surface area contributed by atoms with Crippen molar-refractivity contribution in [2.75, 3.05) is 19.6 Å². The number of benzene rings is 1. The van der Waals surface area contributed by atoms with E-state index in [4.69, 9.17) is 5.73 Å². The molecule has 1 unspecified atom stereocenters. The molecular formula is C29H41N7O3. The Kier molecular flexibility index (Phi) is 8.60. The minimum atomic E-state index is -0.796. The lowest BCUT2D eigenvalue weighted by Gasteiger charge is -2.42. The lowest BCUT2D eigenvalue weighted by Crippen LogP contribution is -2.58. The van der Waals surface area contributed by atoms with Crippen LogP contribution in [0.1, 0.15) is 62.6 Å². The maximum absolute atomic E-state index is 14.0. The number of likely N-dealkylation sites (tertiary alicyclic amines) is 1. The molecule has 3 amide bonds. The average Bonchev–Trinajstić information content (AvgIpc) is 3.41. The van der Waals surface area contributed by atoms with E-state index in [1.54, 1.807) is 4.68 Å². The van der Waals surface area contributed by atoms with Crippen molar-refractivity contribution in [3.63, 3.8) is 0 Å². The predicted molar refractivity (Wildman–Crippen MR) is 146 cm³/mol. The zero-order chi connectivity index (χ0) is 27.2. The molecule has 1 spiro atoms. The fraction of sp³-hybridized carbons (Fsp3) is 0.621. The second-order valence-electron chi connectivity index (χ2n) is 11.5. The Morgan fingerprint density at radius 1 is 1.05 bits per heavy atom. The fourth-order valence-electron chi connectivity index (χ4n) is 6.37. The molecule has 39 heavy (non-hydrogen) atoms. The predicted octanol–water partition coefficient (Wildman–Crippen LogP) is 1.58. The van der Waals surface area contributed by atoms with Crippen molar-refractivity contribution in [3.05, 3.63) is 47.8 Å². The van der Waals surface area contributed by atoms with Crippen LogP contribution in [-0.2, 0) is 33.8 Å². The number of aryl methyl sites for hydroxylation is 1. The SMILES string of the molecule is N[C@H](C(=O)N1CCC2(CC1)Cc1cn(nn1)CCCNC(=O)C(Cc1ccccc1)NC2=O)C1CCCCC1. The van der Waals surface area contributed by atoms with E-state index < -0.39 is 17.5 Å². The number of hydrogen-bond donors (Lipinski definition) is 3. The van der Waals surface area contributed by atoms with Crippen LogP contribution in [0.2, 0.25) is 0 Å². The first-order valence-electron chi connectivity index (χ1n) is 14.5. The van der Waals surface area contributed by atoms with Gasteiger partial charge in [0.25, 0.3) is 0 Å². The number of rotatable bonds is 4. The third-order valence-corrected chi connectivity index (χ3v) is 8.83. The van der Waals surface area contributed by atoms with Gasteiger partial charge < -0.3 is 21.3 Å². The van der Waals surface area contributed by atoms with Crippen molar-refractivity contribution in [2.24, 2.45) is 17.1 Å². The molecule has 210 valence electrons. The molecule has 2 bridgehead atoms. The van der Waals surface area contributed by atoms with E-state index in [0.29, 0.717) is 58.3 Å². The Balaban J connectivity index is 1.35. The number of aromatic nitrogens is 3. The zero-order valence-corrected chi connectivity index (χ0v) is 22.7. The molecule has 1 saturated carbocycles. The van der Waals surface area contributed by atoms with E-state index in [-0.39, 0.29) is 23.6 Å². The first-order valence-corrected chi connectivity index (χ1v) is 14.5. The van der Waals surface area contributed by atoms with Gasteiger partial charge in [0, 0.05) is 45.2 Å².